The summed E-state index contributed by atoms with van der Waals surface area (Å²) in [6, 6.07) is 0. The third-order valence-corrected chi connectivity index (χ3v) is 2.84. The first-order chi connectivity index (χ1) is 11.1. The first-order valence-electron chi connectivity index (χ1n) is 9.05. The lowest BCUT2D eigenvalue weighted by atomic mass is 10.1. The first-order valence-corrected chi connectivity index (χ1v) is 9.05. The molecule has 0 spiro atoms. The molecule has 0 saturated carbocycles. The maximum Gasteiger partial charge on any atom is 0.305 e. The van der Waals surface area contributed by atoms with Crippen LogP contribution < -0.4 is 0 Å². The van der Waals surface area contributed by atoms with E-state index in [1.54, 1.807) is 12.2 Å². The zero-order valence-electron chi connectivity index (χ0n) is 15.8. The van der Waals surface area contributed by atoms with E-state index in [0.29, 0.717) is 6.42 Å². The molecule has 0 aliphatic heterocycles. The molecule has 3 nitrogen and oxygen atoms in total. The lowest BCUT2D eigenvalue weighted by molar-refractivity contribution is -0.144. The molecule has 1 N–H and O–H groups in total. The third-order valence-electron chi connectivity index (χ3n) is 2.84. The van der Waals surface area contributed by atoms with Gasteiger partial charge in [0.15, 0.2) is 0 Å². The monoisotopic (exact) mass is 328 g/mol. The predicted molar refractivity (Wildman–Crippen MR) is 102 cm³/mol. The second-order valence-corrected chi connectivity index (χ2v) is 5.34. The standard InChI is InChI=1S/C14H28O3.2C3H6/c1-2-3-4-5-6-7-8-9-10-11-14(16)17-13-12-15;2*1-3-2/h15H,2-13H2,1H3;2*3H,1H2,2H3. The molecule has 23 heavy (non-hydrogen) atoms. The molecule has 0 atom stereocenters. The minimum absolute atomic E-state index is 0.0799. The molecule has 0 aliphatic rings. The van der Waals surface area contributed by atoms with Crippen LogP contribution in [0.4, 0.5) is 0 Å². The first kappa shape index (κ1) is 26.8. The summed E-state index contributed by atoms with van der Waals surface area (Å²) >= 11 is 0. The Hall–Kier alpha value is -1.09. The zero-order valence-corrected chi connectivity index (χ0v) is 15.8. The number of esters is 1. The van der Waals surface area contributed by atoms with E-state index < -0.39 is 0 Å². The van der Waals surface area contributed by atoms with Crippen LogP contribution in [0.5, 0.6) is 0 Å². The van der Waals surface area contributed by atoms with Crippen molar-refractivity contribution in [3.8, 4) is 0 Å². The average Bonchev–Trinajstić information content (AvgIpc) is 2.53. The number of allylic oxidation sites excluding steroid dienone is 2. The fourth-order valence-corrected chi connectivity index (χ4v) is 1.81. The summed E-state index contributed by atoms with van der Waals surface area (Å²) in [5.74, 6) is -0.179. The minimum Gasteiger partial charge on any atom is -0.463 e. The van der Waals surface area contributed by atoms with E-state index >= 15 is 0 Å². The van der Waals surface area contributed by atoms with Crippen molar-refractivity contribution in [2.75, 3.05) is 13.2 Å². The van der Waals surface area contributed by atoms with Crippen molar-refractivity contribution in [3.05, 3.63) is 25.3 Å². The van der Waals surface area contributed by atoms with E-state index in [9.17, 15) is 4.79 Å². The highest BCUT2D eigenvalue weighted by Crippen LogP contribution is 2.10. The molecule has 3 heteroatoms. The van der Waals surface area contributed by atoms with Crippen molar-refractivity contribution in [1.29, 1.82) is 0 Å². The van der Waals surface area contributed by atoms with Crippen molar-refractivity contribution >= 4 is 5.97 Å². The molecule has 0 unspecified atom stereocenters. The van der Waals surface area contributed by atoms with Crippen LogP contribution in [-0.2, 0) is 9.53 Å². The highest BCUT2D eigenvalue weighted by atomic mass is 16.5. The Labute approximate surface area is 144 Å². The lowest BCUT2D eigenvalue weighted by Crippen LogP contribution is -2.07. The summed E-state index contributed by atoms with van der Waals surface area (Å²) in [5, 5.41) is 8.47. The summed E-state index contributed by atoms with van der Waals surface area (Å²) < 4.78 is 4.77. The maximum atomic E-state index is 11.1. The van der Waals surface area contributed by atoms with Gasteiger partial charge in [0.1, 0.15) is 6.61 Å². The quantitative estimate of drug-likeness (QED) is 0.278. The van der Waals surface area contributed by atoms with Gasteiger partial charge < -0.3 is 9.84 Å². The van der Waals surface area contributed by atoms with E-state index in [1.165, 1.54) is 44.9 Å². The molecule has 0 radical (unpaired) electrons. The van der Waals surface area contributed by atoms with Crippen LogP contribution in [0.3, 0.4) is 0 Å². The lowest BCUT2D eigenvalue weighted by Gasteiger charge is -2.03. The number of aliphatic hydroxyl groups is 1. The number of rotatable bonds is 12. The molecule has 0 amide bonds. The van der Waals surface area contributed by atoms with E-state index in [4.69, 9.17) is 9.84 Å². The normalized spacial score (nSPS) is 8.87. The number of carbonyl (C=O) groups excluding carboxylic acids is 1. The van der Waals surface area contributed by atoms with Crippen LogP contribution in [0.25, 0.3) is 0 Å². The molecule has 0 aliphatic carbocycles. The summed E-state index contributed by atoms with van der Waals surface area (Å²) in [7, 11) is 0. The van der Waals surface area contributed by atoms with Gasteiger partial charge in [0.05, 0.1) is 6.61 Å². The van der Waals surface area contributed by atoms with Crippen LogP contribution in [0, 0.1) is 0 Å². The van der Waals surface area contributed by atoms with Crippen LogP contribution >= 0.6 is 0 Å². The molecule has 138 valence electrons. The van der Waals surface area contributed by atoms with Gasteiger partial charge in [-0.1, -0.05) is 70.4 Å². The number of hydrogen-bond donors (Lipinski definition) is 1. The molecule has 0 aromatic carbocycles. The van der Waals surface area contributed by atoms with Gasteiger partial charge in [0.25, 0.3) is 0 Å². The molecule has 0 rings (SSSR count). The third kappa shape index (κ3) is 38.6. The van der Waals surface area contributed by atoms with Gasteiger partial charge in [0, 0.05) is 6.42 Å². The van der Waals surface area contributed by atoms with Crippen molar-refractivity contribution < 1.29 is 14.6 Å². The molecule has 0 aromatic rings. The Balaban J connectivity index is -0.000000573. The predicted octanol–water partition coefficient (Wildman–Crippen LogP) is 5.83. The zero-order chi connectivity index (χ0) is 18.2. The van der Waals surface area contributed by atoms with E-state index in [2.05, 4.69) is 20.1 Å². The summed E-state index contributed by atoms with van der Waals surface area (Å²) in [4.78, 5) is 11.1. The molecule has 0 aromatic heterocycles. The number of unbranched alkanes of at least 4 members (excludes halogenated alkanes) is 8. The largest absolute Gasteiger partial charge is 0.463 e. The molecular weight excluding hydrogens is 288 g/mol. The summed E-state index contributed by atoms with van der Waals surface area (Å²) in [6.07, 6.45) is 15.2. The van der Waals surface area contributed by atoms with Gasteiger partial charge in [-0.2, -0.15) is 0 Å². The second-order valence-electron chi connectivity index (χ2n) is 5.34. The van der Waals surface area contributed by atoms with Crippen molar-refractivity contribution in [2.24, 2.45) is 0 Å². The molecular formula is C20H40O3. The Morgan fingerprint density at radius 3 is 1.70 bits per heavy atom. The molecule has 0 saturated heterocycles. The second kappa shape index (κ2) is 29.0. The molecule has 0 bridgehead atoms. The molecule has 0 fully saturated rings. The Morgan fingerprint density at radius 1 is 0.913 bits per heavy atom. The summed E-state index contributed by atoms with van der Waals surface area (Å²) in [6.45, 7) is 12.8. The van der Waals surface area contributed by atoms with Gasteiger partial charge in [0.2, 0.25) is 0 Å². The number of hydrogen-bond acceptors (Lipinski definition) is 3. The van der Waals surface area contributed by atoms with Crippen LogP contribution in [0.15, 0.2) is 25.3 Å². The fraction of sp³-hybridized carbons (Fsp3) is 0.750. The van der Waals surface area contributed by atoms with Crippen LogP contribution in [0.2, 0.25) is 0 Å². The van der Waals surface area contributed by atoms with Gasteiger partial charge >= 0.3 is 5.97 Å². The highest BCUT2D eigenvalue weighted by molar-refractivity contribution is 5.69. The maximum absolute atomic E-state index is 11.1. The van der Waals surface area contributed by atoms with Crippen LogP contribution in [0.1, 0.15) is 85.0 Å². The van der Waals surface area contributed by atoms with Gasteiger partial charge in [-0.05, 0) is 20.3 Å². The minimum atomic E-state index is -0.179. The number of aliphatic hydroxyl groups excluding tert-OH is 1. The smallest absolute Gasteiger partial charge is 0.305 e. The Kier molecular flexibility index (Phi) is 33.8. The van der Waals surface area contributed by atoms with Gasteiger partial charge in [-0.3, -0.25) is 4.79 Å². The van der Waals surface area contributed by atoms with Gasteiger partial charge in [-0.25, -0.2) is 0 Å². The van der Waals surface area contributed by atoms with E-state index in [0.717, 1.165) is 12.8 Å². The average molecular weight is 329 g/mol. The van der Waals surface area contributed by atoms with E-state index in [-0.39, 0.29) is 19.2 Å². The SMILES string of the molecule is C=CC.C=CC.CCCCCCCCCCCC(=O)OCCO. The van der Waals surface area contributed by atoms with Gasteiger partial charge in [-0.15, -0.1) is 13.2 Å². The van der Waals surface area contributed by atoms with Crippen molar-refractivity contribution in [2.45, 2.75) is 85.0 Å². The van der Waals surface area contributed by atoms with Crippen molar-refractivity contribution in [1.82, 2.24) is 0 Å². The molecule has 0 heterocycles. The number of ether oxygens (including phenoxy) is 1. The summed E-state index contributed by atoms with van der Waals surface area (Å²) in [5.41, 5.74) is 0. The highest BCUT2D eigenvalue weighted by Gasteiger charge is 2.01. The Morgan fingerprint density at radius 2 is 1.30 bits per heavy atom. The van der Waals surface area contributed by atoms with Crippen molar-refractivity contribution in [3.63, 3.8) is 0 Å². The number of carbonyl (C=O) groups is 1. The fourth-order valence-electron chi connectivity index (χ4n) is 1.81. The topological polar surface area (TPSA) is 46.5 Å². The van der Waals surface area contributed by atoms with E-state index in [1.807, 2.05) is 13.8 Å². The van der Waals surface area contributed by atoms with Crippen LogP contribution in [-0.4, -0.2) is 24.3 Å². The Bertz CT molecular complexity index is 231.